The summed E-state index contributed by atoms with van der Waals surface area (Å²) >= 11 is 4.09. The number of nitrogens with zero attached hydrogens (tertiary/aromatic N) is 1. The molecule has 1 heterocycles. The monoisotopic (exact) mass is 319 g/mol. The number of esters is 1. The van der Waals surface area contributed by atoms with Crippen molar-refractivity contribution in [3.63, 3.8) is 0 Å². The van der Waals surface area contributed by atoms with E-state index in [-0.39, 0.29) is 17.5 Å². The van der Waals surface area contributed by atoms with Gasteiger partial charge in [-0.25, -0.2) is 0 Å². The van der Waals surface area contributed by atoms with Crippen LogP contribution in [0, 0.1) is 5.21 Å². The van der Waals surface area contributed by atoms with Gasteiger partial charge >= 0.3 is 5.97 Å². The molecular weight excluding hydrogens is 310 g/mol. The Morgan fingerprint density at radius 1 is 1.71 bits per heavy atom. The van der Waals surface area contributed by atoms with Crippen molar-refractivity contribution in [3.05, 3.63) is 33.4 Å². The average Bonchev–Trinajstić information content (AvgIpc) is 2.47. The van der Waals surface area contributed by atoms with Crippen LogP contribution in [0.5, 0.6) is 0 Å². The molecule has 1 aromatic carbocycles. The molecular formula is C10H10BrNO4S. The van der Waals surface area contributed by atoms with Crippen LogP contribution in [0.4, 0.5) is 5.69 Å². The zero-order chi connectivity index (χ0) is 12.6. The summed E-state index contributed by atoms with van der Waals surface area (Å²) in [6.07, 6.45) is 0. The van der Waals surface area contributed by atoms with Gasteiger partial charge < -0.3 is 9.94 Å². The first-order chi connectivity index (χ1) is 7.90. The van der Waals surface area contributed by atoms with Crippen molar-refractivity contribution in [1.82, 2.24) is 4.21 Å². The predicted octanol–water partition coefficient (Wildman–Crippen LogP) is 2.91. The maximum Gasteiger partial charge on any atom is 0.302 e. The lowest BCUT2D eigenvalue weighted by Gasteiger charge is -2.25. The van der Waals surface area contributed by atoms with Crippen LogP contribution in [0.25, 0.3) is 0 Å². The van der Waals surface area contributed by atoms with Crippen LogP contribution in [-0.2, 0) is 9.53 Å². The second kappa shape index (κ2) is 4.58. The zero-order valence-electron chi connectivity index (χ0n) is 8.92. The van der Waals surface area contributed by atoms with Gasteiger partial charge in [-0.1, -0.05) is 15.9 Å². The molecule has 1 N–H and O–H groups in total. The van der Waals surface area contributed by atoms with Gasteiger partial charge in [-0.3, -0.25) is 4.79 Å². The molecule has 0 radical (unpaired) electrons. The third kappa shape index (κ3) is 2.63. The molecule has 2 atom stereocenters. The summed E-state index contributed by atoms with van der Waals surface area (Å²) in [5.41, 5.74) is 0.957. The fraction of sp³-hybridized carbons (Fsp3) is 0.300. The molecule has 1 aliphatic heterocycles. The molecule has 0 aliphatic carbocycles. The van der Waals surface area contributed by atoms with Crippen LogP contribution in [0.3, 0.4) is 0 Å². The third-order valence-corrected chi connectivity index (χ3v) is 3.97. The fourth-order valence-corrected chi connectivity index (χ4v) is 3.07. The molecule has 1 aromatic rings. The van der Waals surface area contributed by atoms with E-state index in [4.69, 9.17) is 4.74 Å². The lowest BCUT2D eigenvalue weighted by atomic mass is 10.1. The minimum Gasteiger partial charge on any atom is -0.581 e. The van der Waals surface area contributed by atoms with Gasteiger partial charge in [-0.15, -0.1) is 4.21 Å². The Hall–Kier alpha value is -0.600. The van der Waals surface area contributed by atoms with Crippen molar-refractivity contribution in [1.29, 1.82) is 0 Å². The number of fused-ring (bicyclic) bond motifs is 1. The number of rotatable bonds is 2. The molecule has 5 nitrogen and oxygen atoms in total. The Kier molecular flexibility index (Phi) is 3.46. The van der Waals surface area contributed by atoms with E-state index in [2.05, 4.69) is 15.9 Å². The lowest BCUT2D eigenvalue weighted by Crippen LogP contribution is -2.27. The quantitative estimate of drug-likeness (QED) is 0.393. The van der Waals surface area contributed by atoms with Crippen LogP contribution < -0.4 is 4.21 Å². The van der Waals surface area contributed by atoms with Crippen LogP contribution in [0.2, 0.25) is 0 Å². The molecule has 0 saturated heterocycles. The van der Waals surface area contributed by atoms with E-state index in [1.807, 2.05) is 0 Å². The van der Waals surface area contributed by atoms with Crippen molar-refractivity contribution < 1.29 is 14.7 Å². The maximum atomic E-state index is 11.8. The Balaban J connectivity index is 2.29. The molecule has 7 heteroatoms. The number of carbonyl (C=O) groups excluding carboxylic acids is 1. The Labute approximate surface area is 111 Å². The van der Waals surface area contributed by atoms with Gasteiger partial charge in [-0.2, -0.15) is 5.21 Å². The highest BCUT2D eigenvalue weighted by molar-refractivity contribution is 9.10. The van der Waals surface area contributed by atoms with E-state index in [1.54, 1.807) is 18.2 Å². The molecule has 92 valence electrons. The zero-order valence-corrected chi connectivity index (χ0v) is 11.3. The first-order valence-corrected chi connectivity index (χ1v) is 6.47. The second-order valence-corrected chi connectivity index (χ2v) is 5.81. The normalized spacial score (nSPS) is 26.7. The first kappa shape index (κ1) is 12.8. The van der Waals surface area contributed by atoms with Crippen LogP contribution in [0.1, 0.15) is 17.7 Å². The molecule has 0 fully saturated rings. The maximum absolute atomic E-state index is 11.8. The average molecular weight is 320 g/mol. The van der Waals surface area contributed by atoms with Crippen molar-refractivity contribution in [2.24, 2.45) is 0 Å². The lowest BCUT2D eigenvalue weighted by molar-refractivity contribution is -0.140. The van der Waals surface area contributed by atoms with Gasteiger partial charge in [0.05, 0.1) is 0 Å². The number of hydrogen-bond donors (Lipinski definition) is 1. The summed E-state index contributed by atoms with van der Waals surface area (Å²) in [4.78, 5) is 10.8. The summed E-state index contributed by atoms with van der Waals surface area (Å²) in [7, 11) is 0. The van der Waals surface area contributed by atoms with E-state index in [9.17, 15) is 15.2 Å². The molecule has 0 amide bonds. The number of ether oxygens (including phenoxy) is 1. The molecule has 0 spiro atoms. The Bertz CT molecular complexity index is 466. The number of hydrogen-bond acceptors (Lipinski definition) is 5. The van der Waals surface area contributed by atoms with Gasteiger partial charge in [0.1, 0.15) is 23.8 Å². The number of carbonyl (C=O) groups is 1. The van der Waals surface area contributed by atoms with E-state index in [1.165, 1.54) is 6.92 Å². The highest BCUT2D eigenvalue weighted by Gasteiger charge is 2.41. The van der Waals surface area contributed by atoms with E-state index in [0.29, 0.717) is 5.56 Å². The van der Waals surface area contributed by atoms with Crippen LogP contribution in [-0.4, -0.2) is 17.8 Å². The highest BCUT2D eigenvalue weighted by atomic mass is 79.9. The molecule has 2 rings (SSSR count). The molecule has 2 unspecified atom stereocenters. The van der Waals surface area contributed by atoms with E-state index in [0.717, 1.165) is 16.4 Å². The second-order valence-electron chi connectivity index (χ2n) is 3.62. The van der Waals surface area contributed by atoms with Crippen molar-refractivity contribution >= 4 is 39.5 Å². The molecule has 17 heavy (non-hydrogen) atoms. The summed E-state index contributed by atoms with van der Waals surface area (Å²) in [5.74, 6) is -0.406. The largest absolute Gasteiger partial charge is 0.581 e. The SMILES string of the molecule is CC(=O)OCC1S[N+]([O-])(O)c2ccc(Br)cc21. The predicted molar refractivity (Wildman–Crippen MR) is 68.1 cm³/mol. The summed E-state index contributed by atoms with van der Waals surface area (Å²) in [6, 6.07) is 5.01. The van der Waals surface area contributed by atoms with Gasteiger partial charge in [-0.05, 0) is 12.1 Å². The standard InChI is InChI=1S/C10H10BrNO4S/c1-6(13)16-5-10-8-4-7(11)2-3-9(8)12(14,15)17-10/h2-4,10,14H,5H2,1H3. The summed E-state index contributed by atoms with van der Waals surface area (Å²) in [5, 5.41) is 21.1. The van der Waals surface area contributed by atoms with Gasteiger partial charge in [0.15, 0.2) is 5.69 Å². The van der Waals surface area contributed by atoms with Crippen molar-refractivity contribution in [2.45, 2.75) is 12.2 Å². The van der Waals surface area contributed by atoms with Crippen LogP contribution >= 0.6 is 27.9 Å². The molecule has 0 aromatic heterocycles. The minimum atomic E-state index is -1.49. The van der Waals surface area contributed by atoms with Crippen molar-refractivity contribution in [2.75, 3.05) is 6.61 Å². The van der Waals surface area contributed by atoms with Gasteiger partial charge in [0.2, 0.25) is 0 Å². The van der Waals surface area contributed by atoms with Crippen molar-refractivity contribution in [3.8, 4) is 0 Å². The Morgan fingerprint density at radius 2 is 2.41 bits per heavy atom. The topological polar surface area (TPSA) is 69.6 Å². The smallest absolute Gasteiger partial charge is 0.302 e. The first-order valence-electron chi connectivity index (χ1n) is 4.85. The third-order valence-electron chi connectivity index (χ3n) is 2.35. The summed E-state index contributed by atoms with van der Waals surface area (Å²) < 4.78 is 4.20. The Morgan fingerprint density at radius 3 is 3.06 bits per heavy atom. The van der Waals surface area contributed by atoms with Crippen LogP contribution in [0.15, 0.2) is 22.7 Å². The van der Waals surface area contributed by atoms with Gasteiger partial charge in [0.25, 0.3) is 0 Å². The van der Waals surface area contributed by atoms with Gasteiger partial charge in [0, 0.05) is 23.0 Å². The minimum absolute atomic E-state index is 0.0756. The number of benzene rings is 1. The van der Waals surface area contributed by atoms with E-state index < -0.39 is 10.2 Å². The van der Waals surface area contributed by atoms with E-state index >= 15 is 0 Å². The molecule has 0 saturated carbocycles. The fourth-order valence-electron chi connectivity index (χ4n) is 1.64. The number of quaternary nitrogens is 1. The summed E-state index contributed by atoms with van der Waals surface area (Å²) in [6.45, 7) is 1.38. The molecule has 1 aliphatic rings. The molecule has 0 bridgehead atoms. The number of halogens is 1. The highest BCUT2D eigenvalue weighted by Crippen LogP contribution is 2.51.